The molecule has 1 aromatic carbocycles. The van der Waals surface area contributed by atoms with Gasteiger partial charge in [-0.15, -0.1) is 0 Å². The highest BCUT2D eigenvalue weighted by molar-refractivity contribution is 9.10. The molecule has 1 aromatic rings. The second-order valence-electron chi connectivity index (χ2n) is 8.32. The summed E-state index contributed by atoms with van der Waals surface area (Å²) in [4.78, 5) is 26.7. The SMILES string of the molecule is CN(CC[C@@H]1C=C(C#N)C(=O)C(C)(C)C1)C(=O)C1CCc2cc(Br)ccc2O1. The van der Waals surface area contributed by atoms with Crippen molar-refractivity contribution < 1.29 is 14.3 Å². The highest BCUT2D eigenvalue weighted by atomic mass is 79.9. The van der Waals surface area contributed by atoms with Gasteiger partial charge in [0.15, 0.2) is 11.9 Å². The Balaban J connectivity index is 1.59. The average molecular weight is 445 g/mol. The molecule has 0 bridgehead atoms. The lowest BCUT2D eigenvalue weighted by atomic mass is 9.71. The topological polar surface area (TPSA) is 70.4 Å². The van der Waals surface area contributed by atoms with Gasteiger partial charge in [0.2, 0.25) is 0 Å². The zero-order valence-electron chi connectivity index (χ0n) is 16.5. The monoisotopic (exact) mass is 444 g/mol. The van der Waals surface area contributed by atoms with E-state index in [1.807, 2.05) is 38.1 Å². The van der Waals surface area contributed by atoms with Crippen LogP contribution in [0.3, 0.4) is 0 Å². The predicted molar refractivity (Wildman–Crippen MR) is 110 cm³/mol. The molecule has 5 nitrogen and oxygen atoms in total. The third-order valence-corrected chi connectivity index (χ3v) is 6.10. The van der Waals surface area contributed by atoms with Crippen LogP contribution in [0.2, 0.25) is 0 Å². The summed E-state index contributed by atoms with van der Waals surface area (Å²) in [6.07, 6.45) is 4.20. The number of benzene rings is 1. The fourth-order valence-corrected chi connectivity index (χ4v) is 4.41. The van der Waals surface area contributed by atoms with Crippen LogP contribution in [-0.4, -0.2) is 36.3 Å². The van der Waals surface area contributed by atoms with E-state index in [-0.39, 0.29) is 23.2 Å². The molecule has 0 aromatic heterocycles. The van der Waals surface area contributed by atoms with Crippen molar-refractivity contribution in [1.29, 1.82) is 5.26 Å². The van der Waals surface area contributed by atoms with Crippen molar-refractivity contribution in [3.05, 3.63) is 39.9 Å². The molecule has 0 spiro atoms. The van der Waals surface area contributed by atoms with E-state index in [2.05, 4.69) is 15.9 Å². The molecule has 1 heterocycles. The van der Waals surface area contributed by atoms with Gasteiger partial charge in [0.1, 0.15) is 11.8 Å². The van der Waals surface area contributed by atoms with Crippen LogP contribution in [0.5, 0.6) is 5.75 Å². The van der Waals surface area contributed by atoms with Crippen molar-refractivity contribution in [2.45, 2.75) is 45.6 Å². The van der Waals surface area contributed by atoms with Crippen LogP contribution in [0.15, 0.2) is 34.3 Å². The van der Waals surface area contributed by atoms with Crippen LogP contribution in [0.1, 0.15) is 38.7 Å². The summed E-state index contributed by atoms with van der Waals surface area (Å²) in [5, 5.41) is 9.22. The number of allylic oxidation sites excluding steroid dienone is 2. The van der Waals surface area contributed by atoms with Crippen molar-refractivity contribution in [3.63, 3.8) is 0 Å². The van der Waals surface area contributed by atoms with E-state index in [0.29, 0.717) is 19.4 Å². The molecule has 1 aliphatic carbocycles. The van der Waals surface area contributed by atoms with Crippen LogP contribution >= 0.6 is 15.9 Å². The van der Waals surface area contributed by atoms with Crippen LogP contribution in [-0.2, 0) is 16.0 Å². The molecule has 1 aliphatic heterocycles. The first-order chi connectivity index (χ1) is 13.2. The lowest BCUT2D eigenvalue weighted by molar-refractivity contribution is -0.138. The van der Waals surface area contributed by atoms with Gasteiger partial charge in [0.05, 0.1) is 5.57 Å². The largest absolute Gasteiger partial charge is 0.480 e. The Morgan fingerprint density at radius 3 is 2.89 bits per heavy atom. The summed E-state index contributed by atoms with van der Waals surface area (Å²) in [5.74, 6) is 0.777. The molecule has 0 N–H and O–H groups in total. The summed E-state index contributed by atoms with van der Waals surface area (Å²) >= 11 is 3.46. The van der Waals surface area contributed by atoms with Gasteiger partial charge in [-0.3, -0.25) is 9.59 Å². The first-order valence-electron chi connectivity index (χ1n) is 9.58. The number of hydrogen-bond acceptors (Lipinski definition) is 4. The van der Waals surface area contributed by atoms with Gasteiger partial charge >= 0.3 is 0 Å². The van der Waals surface area contributed by atoms with Gasteiger partial charge in [0.25, 0.3) is 5.91 Å². The molecule has 0 fully saturated rings. The number of ketones is 1. The number of amides is 1. The summed E-state index contributed by atoms with van der Waals surface area (Å²) in [7, 11) is 1.79. The fourth-order valence-electron chi connectivity index (χ4n) is 4.00. The summed E-state index contributed by atoms with van der Waals surface area (Å²) in [6, 6.07) is 7.87. The quantitative estimate of drug-likeness (QED) is 0.701. The standard InChI is InChI=1S/C22H25BrN2O3/c1-22(2)12-14(10-16(13-24)20(22)26)8-9-25(3)21(27)19-6-4-15-11-17(23)5-7-18(15)28-19/h5,7,10-11,14,19H,4,6,8-9,12H2,1-3H3/t14-,19?/m1/s1. The molecule has 0 saturated heterocycles. The van der Waals surface area contributed by atoms with E-state index < -0.39 is 11.5 Å². The lowest BCUT2D eigenvalue weighted by Crippen LogP contribution is -2.42. The Morgan fingerprint density at radius 1 is 1.43 bits per heavy atom. The van der Waals surface area contributed by atoms with Crippen molar-refractivity contribution in [3.8, 4) is 11.8 Å². The molecular formula is C22H25BrN2O3. The lowest BCUT2D eigenvalue weighted by Gasteiger charge is -2.33. The number of carbonyl (C=O) groups excluding carboxylic acids is 2. The number of Topliss-reactive ketones (excluding diaryl/α,β-unsaturated/α-hetero) is 1. The molecule has 0 radical (unpaired) electrons. The zero-order valence-corrected chi connectivity index (χ0v) is 18.1. The maximum Gasteiger partial charge on any atom is 0.263 e. The summed E-state index contributed by atoms with van der Waals surface area (Å²) < 4.78 is 6.94. The van der Waals surface area contributed by atoms with Crippen molar-refractivity contribution in [1.82, 2.24) is 4.90 Å². The normalized spacial score (nSPS) is 23.1. The smallest absolute Gasteiger partial charge is 0.263 e. The predicted octanol–water partition coefficient (Wildman–Crippen LogP) is 4.06. The minimum absolute atomic E-state index is 0.0239. The number of carbonyl (C=O) groups is 2. The molecular weight excluding hydrogens is 420 g/mol. The number of fused-ring (bicyclic) bond motifs is 1. The van der Waals surface area contributed by atoms with E-state index in [0.717, 1.165) is 28.6 Å². The van der Waals surface area contributed by atoms with Gasteiger partial charge in [-0.05, 0) is 55.4 Å². The third kappa shape index (κ3) is 4.30. The number of aryl methyl sites for hydroxylation is 1. The molecule has 28 heavy (non-hydrogen) atoms. The van der Waals surface area contributed by atoms with E-state index in [4.69, 9.17) is 4.74 Å². The van der Waals surface area contributed by atoms with Crippen molar-refractivity contribution >= 4 is 27.6 Å². The fraction of sp³-hybridized carbons (Fsp3) is 0.500. The van der Waals surface area contributed by atoms with Crippen LogP contribution < -0.4 is 4.74 Å². The molecule has 1 unspecified atom stereocenters. The second-order valence-corrected chi connectivity index (χ2v) is 9.23. The Labute approximate surface area is 174 Å². The summed E-state index contributed by atoms with van der Waals surface area (Å²) in [5.41, 5.74) is 0.829. The number of nitriles is 1. The molecule has 0 saturated carbocycles. The number of nitrogens with zero attached hydrogens (tertiary/aromatic N) is 2. The average Bonchev–Trinajstić information content (AvgIpc) is 2.67. The molecule has 148 valence electrons. The van der Waals surface area contributed by atoms with E-state index in [1.165, 1.54) is 0 Å². The Kier molecular flexibility index (Phi) is 5.95. The third-order valence-electron chi connectivity index (χ3n) is 5.61. The minimum Gasteiger partial charge on any atom is -0.480 e. The Hall–Kier alpha value is -2.13. The molecule has 2 aliphatic rings. The van der Waals surface area contributed by atoms with Crippen LogP contribution in [0, 0.1) is 22.7 Å². The first-order valence-corrected chi connectivity index (χ1v) is 10.4. The molecule has 3 rings (SSSR count). The second kappa shape index (κ2) is 8.08. The Morgan fingerprint density at radius 2 is 2.18 bits per heavy atom. The minimum atomic E-state index is -0.530. The van der Waals surface area contributed by atoms with Gasteiger partial charge in [-0.25, -0.2) is 0 Å². The van der Waals surface area contributed by atoms with Crippen molar-refractivity contribution in [2.24, 2.45) is 11.3 Å². The summed E-state index contributed by atoms with van der Waals surface area (Å²) in [6.45, 7) is 4.33. The Bertz CT molecular complexity index is 869. The van der Waals surface area contributed by atoms with E-state index >= 15 is 0 Å². The zero-order chi connectivity index (χ0) is 20.5. The van der Waals surface area contributed by atoms with E-state index in [9.17, 15) is 14.9 Å². The van der Waals surface area contributed by atoms with Gasteiger partial charge in [-0.1, -0.05) is 35.9 Å². The highest BCUT2D eigenvalue weighted by Crippen LogP contribution is 2.36. The molecule has 1 amide bonds. The van der Waals surface area contributed by atoms with Gasteiger partial charge in [0, 0.05) is 23.5 Å². The number of hydrogen-bond donors (Lipinski definition) is 0. The number of likely N-dealkylation sites (N-methyl/N-ethyl adjacent to an activating group) is 1. The molecule has 2 atom stereocenters. The molecule has 6 heteroatoms. The maximum absolute atomic E-state index is 12.8. The maximum atomic E-state index is 12.8. The van der Waals surface area contributed by atoms with Gasteiger partial charge in [-0.2, -0.15) is 5.26 Å². The first kappa shape index (κ1) is 20.6. The van der Waals surface area contributed by atoms with Crippen LogP contribution in [0.4, 0.5) is 0 Å². The van der Waals surface area contributed by atoms with Crippen molar-refractivity contribution in [2.75, 3.05) is 13.6 Å². The number of halogens is 1. The number of rotatable bonds is 4. The van der Waals surface area contributed by atoms with Crippen LogP contribution in [0.25, 0.3) is 0 Å². The van der Waals surface area contributed by atoms with Gasteiger partial charge < -0.3 is 9.64 Å². The highest BCUT2D eigenvalue weighted by Gasteiger charge is 2.37. The van der Waals surface area contributed by atoms with E-state index in [1.54, 1.807) is 18.0 Å². The number of ether oxygens (including phenoxy) is 1.